The van der Waals surface area contributed by atoms with Gasteiger partial charge in [0.1, 0.15) is 0 Å². The zero-order valence-corrected chi connectivity index (χ0v) is 12.8. The van der Waals surface area contributed by atoms with Crippen molar-refractivity contribution < 1.29 is 8.42 Å². The van der Waals surface area contributed by atoms with Crippen LogP contribution in [-0.4, -0.2) is 37.1 Å². The van der Waals surface area contributed by atoms with E-state index in [-0.39, 0.29) is 23.6 Å². The molecule has 2 atom stereocenters. The minimum absolute atomic E-state index is 0.0770. The summed E-state index contributed by atoms with van der Waals surface area (Å²) >= 11 is 17.5. The van der Waals surface area contributed by atoms with Crippen molar-refractivity contribution in [1.29, 1.82) is 0 Å². The molecule has 2 saturated heterocycles. The fraction of sp³-hybridized carbons (Fsp3) is 0.364. The molecule has 1 N–H and O–H groups in total. The maximum atomic E-state index is 11.7. The number of rotatable bonds is 1. The molecule has 1 aromatic carbocycles. The van der Waals surface area contributed by atoms with Gasteiger partial charge in [0.25, 0.3) is 0 Å². The van der Waals surface area contributed by atoms with Crippen molar-refractivity contribution in [2.45, 2.75) is 12.1 Å². The van der Waals surface area contributed by atoms with Crippen LogP contribution in [0.15, 0.2) is 18.2 Å². The Balaban J connectivity index is 2.05. The molecule has 102 valence electrons. The third-order valence-corrected chi connectivity index (χ3v) is 6.21. The molecule has 0 radical (unpaired) electrons. The topological polar surface area (TPSA) is 49.4 Å². The lowest BCUT2D eigenvalue weighted by molar-refractivity contribution is 0.600. The summed E-state index contributed by atoms with van der Waals surface area (Å²) in [6.07, 6.45) is 0. The fourth-order valence-electron chi connectivity index (χ4n) is 2.57. The van der Waals surface area contributed by atoms with Crippen LogP contribution in [0.25, 0.3) is 0 Å². The van der Waals surface area contributed by atoms with Gasteiger partial charge in [-0.15, -0.1) is 0 Å². The smallest absolute Gasteiger partial charge is 0.174 e. The number of halogens is 2. The predicted octanol–water partition coefficient (Wildman–Crippen LogP) is 1.85. The largest absolute Gasteiger partial charge is 0.356 e. The molecule has 3 rings (SSSR count). The van der Waals surface area contributed by atoms with E-state index in [4.69, 9.17) is 35.4 Å². The van der Waals surface area contributed by atoms with Gasteiger partial charge in [0.15, 0.2) is 14.9 Å². The van der Waals surface area contributed by atoms with Crippen LogP contribution < -0.4 is 10.2 Å². The Morgan fingerprint density at radius 1 is 1.32 bits per heavy atom. The first-order valence-electron chi connectivity index (χ1n) is 5.63. The van der Waals surface area contributed by atoms with Crippen LogP contribution >= 0.6 is 35.4 Å². The first-order valence-corrected chi connectivity index (χ1v) is 8.62. The van der Waals surface area contributed by atoms with Gasteiger partial charge in [-0.1, -0.05) is 29.3 Å². The Labute approximate surface area is 126 Å². The number of fused-ring (bicyclic) bond motifs is 1. The Bertz CT molecular complexity index is 663. The quantitative estimate of drug-likeness (QED) is 0.793. The molecule has 2 aliphatic heterocycles. The zero-order chi connectivity index (χ0) is 13.8. The minimum Gasteiger partial charge on any atom is -0.356 e. The molecule has 0 bridgehead atoms. The zero-order valence-electron chi connectivity index (χ0n) is 9.64. The van der Waals surface area contributed by atoms with Crippen LogP contribution in [0.5, 0.6) is 0 Å². The number of sulfone groups is 1. The Morgan fingerprint density at radius 3 is 2.79 bits per heavy atom. The van der Waals surface area contributed by atoms with Crippen molar-refractivity contribution in [3.8, 4) is 0 Å². The lowest BCUT2D eigenvalue weighted by atomic mass is 10.1. The molecule has 1 aromatic rings. The second kappa shape index (κ2) is 4.48. The summed E-state index contributed by atoms with van der Waals surface area (Å²) in [6.45, 7) is 0. The van der Waals surface area contributed by atoms with Crippen LogP contribution in [0.4, 0.5) is 5.69 Å². The lowest BCUT2D eigenvalue weighted by Gasteiger charge is -2.24. The summed E-state index contributed by atoms with van der Waals surface area (Å²) in [7, 11) is -3.03. The van der Waals surface area contributed by atoms with E-state index < -0.39 is 9.84 Å². The molecular weight excluding hydrogens is 327 g/mol. The number of thiocarbonyl (C=S) groups is 1. The SMILES string of the molecule is O=S1(=O)C[C@@H]2NC(=S)N(c3cccc(Cl)c3Cl)[C@@H]2C1. The fourth-order valence-corrected chi connectivity index (χ4v) is 5.23. The first kappa shape index (κ1) is 13.4. The van der Waals surface area contributed by atoms with Crippen LogP contribution in [0.3, 0.4) is 0 Å². The summed E-state index contributed by atoms with van der Waals surface area (Å²) in [4.78, 5) is 1.76. The van der Waals surface area contributed by atoms with Gasteiger partial charge < -0.3 is 10.2 Å². The number of nitrogens with one attached hydrogen (secondary N) is 1. The average Bonchev–Trinajstić information content (AvgIpc) is 2.73. The Morgan fingerprint density at radius 2 is 2.05 bits per heavy atom. The van der Waals surface area contributed by atoms with E-state index in [2.05, 4.69) is 5.32 Å². The van der Waals surface area contributed by atoms with Gasteiger partial charge in [0.05, 0.1) is 39.3 Å². The number of nitrogens with zero attached hydrogens (tertiary/aromatic N) is 1. The normalized spacial score (nSPS) is 28.3. The second-order valence-corrected chi connectivity index (χ2v) is 7.97. The highest BCUT2D eigenvalue weighted by atomic mass is 35.5. The average molecular weight is 337 g/mol. The van der Waals surface area contributed by atoms with Gasteiger partial charge >= 0.3 is 0 Å². The van der Waals surface area contributed by atoms with E-state index >= 15 is 0 Å². The molecule has 0 spiro atoms. The summed E-state index contributed by atoms with van der Waals surface area (Å²) in [6, 6.07) is 4.85. The van der Waals surface area contributed by atoms with Gasteiger partial charge in [0, 0.05) is 0 Å². The molecule has 4 nitrogen and oxygen atoms in total. The van der Waals surface area contributed by atoms with Crippen LogP contribution in [0.1, 0.15) is 0 Å². The Kier molecular flexibility index (Phi) is 3.16. The molecule has 8 heteroatoms. The van der Waals surface area contributed by atoms with Gasteiger partial charge in [-0.2, -0.15) is 0 Å². The summed E-state index contributed by atoms with van der Waals surface area (Å²) in [5, 5.41) is 4.35. The van der Waals surface area contributed by atoms with Gasteiger partial charge in [0.2, 0.25) is 0 Å². The van der Waals surface area contributed by atoms with Crippen molar-refractivity contribution in [2.75, 3.05) is 16.4 Å². The maximum absolute atomic E-state index is 11.7. The molecule has 2 fully saturated rings. The third-order valence-electron chi connectivity index (χ3n) is 3.37. The second-order valence-electron chi connectivity index (χ2n) is 4.64. The lowest BCUT2D eigenvalue weighted by Crippen LogP contribution is -2.37. The molecular formula is C11H10Cl2N2O2S2. The highest BCUT2D eigenvalue weighted by Gasteiger charge is 2.48. The van der Waals surface area contributed by atoms with Crippen LogP contribution in [-0.2, 0) is 9.84 Å². The third kappa shape index (κ3) is 2.20. The van der Waals surface area contributed by atoms with Crippen LogP contribution in [0, 0.1) is 0 Å². The van der Waals surface area contributed by atoms with Crippen LogP contribution in [0.2, 0.25) is 10.0 Å². The standard InChI is InChI=1S/C11H10Cl2N2O2S2/c12-6-2-1-3-8(10(6)13)15-9-5-19(16,17)4-7(9)14-11(15)18/h1-3,7,9H,4-5H2,(H,14,18)/t7-,9+/m0/s1. The van der Waals surface area contributed by atoms with E-state index in [1.807, 2.05) is 0 Å². The van der Waals surface area contributed by atoms with Crippen molar-refractivity contribution in [3.05, 3.63) is 28.2 Å². The summed E-state index contributed by atoms with van der Waals surface area (Å²) in [5.74, 6) is 0.181. The number of hydrogen-bond acceptors (Lipinski definition) is 3. The summed E-state index contributed by atoms with van der Waals surface area (Å²) in [5.41, 5.74) is 0.649. The highest BCUT2D eigenvalue weighted by Crippen LogP contribution is 2.37. The molecule has 2 aliphatic rings. The van der Waals surface area contributed by atoms with E-state index in [0.29, 0.717) is 20.8 Å². The molecule has 0 saturated carbocycles. The van der Waals surface area contributed by atoms with Crippen molar-refractivity contribution in [3.63, 3.8) is 0 Å². The predicted molar refractivity (Wildman–Crippen MR) is 80.9 cm³/mol. The van der Waals surface area contributed by atoms with E-state index in [0.717, 1.165) is 0 Å². The van der Waals surface area contributed by atoms with E-state index in [9.17, 15) is 8.42 Å². The van der Waals surface area contributed by atoms with E-state index in [1.54, 1.807) is 23.1 Å². The maximum Gasteiger partial charge on any atom is 0.174 e. The molecule has 0 aromatic heterocycles. The number of hydrogen-bond donors (Lipinski definition) is 1. The Hall–Kier alpha value is -0.560. The number of benzene rings is 1. The summed E-state index contributed by atoms with van der Waals surface area (Å²) < 4.78 is 23.4. The van der Waals surface area contributed by atoms with E-state index in [1.165, 1.54) is 0 Å². The molecule has 0 aliphatic carbocycles. The molecule has 19 heavy (non-hydrogen) atoms. The van der Waals surface area contributed by atoms with Gasteiger partial charge in [-0.25, -0.2) is 8.42 Å². The highest BCUT2D eigenvalue weighted by molar-refractivity contribution is 7.91. The van der Waals surface area contributed by atoms with Crippen molar-refractivity contribution in [2.24, 2.45) is 0 Å². The molecule has 0 unspecified atom stereocenters. The van der Waals surface area contributed by atoms with Crippen molar-refractivity contribution >= 4 is 56.1 Å². The monoisotopic (exact) mass is 336 g/mol. The molecule has 2 heterocycles. The first-order chi connectivity index (χ1) is 8.89. The van der Waals surface area contributed by atoms with Gasteiger partial charge in [-0.3, -0.25) is 0 Å². The molecule has 0 amide bonds. The van der Waals surface area contributed by atoms with Gasteiger partial charge in [-0.05, 0) is 24.4 Å². The minimum atomic E-state index is -3.03. The van der Waals surface area contributed by atoms with Crippen molar-refractivity contribution in [1.82, 2.24) is 5.32 Å². The number of anilines is 1.